The molecule has 1 aromatic heterocycles. The maximum absolute atomic E-state index is 10.6. The number of hydrogen-bond acceptors (Lipinski definition) is 2. The molecule has 2 aliphatic rings. The predicted molar refractivity (Wildman–Crippen MR) is 66.7 cm³/mol. The Kier molecular flexibility index (Phi) is 2.41. The van der Waals surface area contributed by atoms with Gasteiger partial charge in [0.25, 0.3) is 0 Å². The molecule has 1 saturated carbocycles. The summed E-state index contributed by atoms with van der Waals surface area (Å²) in [5, 5.41) is 10.6. The third-order valence-electron chi connectivity index (χ3n) is 5.47. The van der Waals surface area contributed by atoms with E-state index in [1.54, 1.807) is 6.26 Å². The number of aliphatic hydroxyl groups is 1. The first kappa shape index (κ1) is 11.3. The molecule has 1 N–H and O–H groups in total. The van der Waals surface area contributed by atoms with Gasteiger partial charge in [-0.1, -0.05) is 26.7 Å². The monoisotopic (exact) mass is 234 g/mol. The van der Waals surface area contributed by atoms with Gasteiger partial charge in [-0.25, -0.2) is 0 Å². The molecule has 17 heavy (non-hydrogen) atoms. The van der Waals surface area contributed by atoms with Crippen LogP contribution < -0.4 is 0 Å². The minimum atomic E-state index is -0.389. The molecule has 0 radical (unpaired) electrons. The van der Waals surface area contributed by atoms with Crippen LogP contribution in [0.3, 0.4) is 0 Å². The second-order valence-corrected chi connectivity index (χ2v) is 6.33. The first-order valence-corrected chi connectivity index (χ1v) is 6.79. The highest BCUT2D eigenvalue weighted by atomic mass is 16.4. The van der Waals surface area contributed by atoms with Crippen molar-refractivity contribution in [2.24, 2.45) is 17.3 Å². The van der Waals surface area contributed by atoms with Crippen molar-refractivity contribution in [1.82, 2.24) is 0 Å². The third-order valence-corrected chi connectivity index (χ3v) is 5.47. The lowest BCUT2D eigenvalue weighted by atomic mass is 9.55. The van der Waals surface area contributed by atoms with Crippen molar-refractivity contribution in [3.8, 4) is 0 Å². The van der Waals surface area contributed by atoms with E-state index in [2.05, 4.69) is 20.8 Å². The largest absolute Gasteiger partial charge is 0.466 e. The second kappa shape index (κ2) is 3.61. The molecule has 1 fully saturated rings. The fraction of sp³-hybridized carbons (Fsp3) is 0.733. The minimum absolute atomic E-state index is 0.249. The van der Waals surface area contributed by atoms with Gasteiger partial charge in [0.2, 0.25) is 0 Å². The van der Waals surface area contributed by atoms with Crippen LogP contribution in [0.15, 0.2) is 10.7 Å². The van der Waals surface area contributed by atoms with E-state index in [9.17, 15) is 5.11 Å². The van der Waals surface area contributed by atoms with E-state index >= 15 is 0 Å². The lowest BCUT2D eigenvalue weighted by Gasteiger charge is -2.50. The van der Waals surface area contributed by atoms with Crippen LogP contribution in [0.25, 0.3) is 0 Å². The molecule has 0 spiro atoms. The molecule has 3 rings (SSSR count). The number of furan rings is 1. The second-order valence-electron chi connectivity index (χ2n) is 6.33. The maximum atomic E-state index is 10.6. The molecule has 4 atom stereocenters. The summed E-state index contributed by atoms with van der Waals surface area (Å²) in [5.74, 6) is 1.92. The highest BCUT2D eigenvalue weighted by Gasteiger charge is 2.50. The summed E-state index contributed by atoms with van der Waals surface area (Å²) in [6.45, 7) is 6.80. The highest BCUT2D eigenvalue weighted by molar-refractivity contribution is 5.33. The van der Waals surface area contributed by atoms with Crippen LogP contribution in [0.5, 0.6) is 0 Å². The van der Waals surface area contributed by atoms with Crippen molar-refractivity contribution in [2.45, 2.75) is 52.6 Å². The van der Waals surface area contributed by atoms with Gasteiger partial charge in [0.15, 0.2) is 0 Å². The van der Waals surface area contributed by atoms with Crippen LogP contribution in [0.2, 0.25) is 0 Å². The summed E-state index contributed by atoms with van der Waals surface area (Å²) in [7, 11) is 0. The lowest BCUT2D eigenvalue weighted by Crippen LogP contribution is -2.45. The van der Waals surface area contributed by atoms with Gasteiger partial charge in [-0.15, -0.1) is 0 Å². The van der Waals surface area contributed by atoms with Crippen molar-refractivity contribution >= 4 is 0 Å². The molecular weight excluding hydrogens is 212 g/mol. The molecule has 0 aliphatic heterocycles. The van der Waals surface area contributed by atoms with E-state index in [1.165, 1.54) is 24.0 Å². The average Bonchev–Trinajstić information content (AvgIpc) is 2.64. The third kappa shape index (κ3) is 1.43. The SMILES string of the molecule is Cc1coc2c1C[C@]1(C)[C@@H](C)CCC[C@H]1[C@@H]2O. The first-order valence-electron chi connectivity index (χ1n) is 6.79. The predicted octanol–water partition coefficient (Wildman–Crippen LogP) is 3.62. The van der Waals surface area contributed by atoms with Crippen LogP contribution in [-0.2, 0) is 6.42 Å². The zero-order chi connectivity index (χ0) is 12.2. The van der Waals surface area contributed by atoms with Crippen molar-refractivity contribution < 1.29 is 9.52 Å². The van der Waals surface area contributed by atoms with Crippen molar-refractivity contribution in [2.75, 3.05) is 0 Å². The molecule has 0 saturated heterocycles. The fourth-order valence-electron chi connectivity index (χ4n) is 4.02. The van der Waals surface area contributed by atoms with E-state index in [-0.39, 0.29) is 11.5 Å². The molecule has 0 bridgehead atoms. The number of rotatable bonds is 0. The number of aryl methyl sites for hydroxylation is 1. The maximum Gasteiger partial charge on any atom is 0.136 e. The van der Waals surface area contributed by atoms with Gasteiger partial charge >= 0.3 is 0 Å². The molecular formula is C15H22O2. The standard InChI is InChI=1S/C15H22O2/c1-9-8-17-14-11(9)7-15(3)10(2)5-4-6-12(15)13(14)16/h8,10,12-13,16H,4-7H2,1-3H3/t10-,12-,13-,15+/m0/s1. The lowest BCUT2D eigenvalue weighted by molar-refractivity contribution is -0.0597. The molecule has 2 nitrogen and oxygen atoms in total. The van der Waals surface area contributed by atoms with Crippen molar-refractivity contribution in [3.05, 3.63) is 23.2 Å². The summed E-state index contributed by atoms with van der Waals surface area (Å²) in [6, 6.07) is 0. The van der Waals surface area contributed by atoms with Crippen LogP contribution in [-0.4, -0.2) is 5.11 Å². The van der Waals surface area contributed by atoms with Gasteiger partial charge in [0, 0.05) is 0 Å². The smallest absolute Gasteiger partial charge is 0.136 e. The van der Waals surface area contributed by atoms with E-state index in [0.29, 0.717) is 11.8 Å². The average molecular weight is 234 g/mol. The summed E-state index contributed by atoms with van der Waals surface area (Å²) in [5.41, 5.74) is 2.72. The summed E-state index contributed by atoms with van der Waals surface area (Å²) in [6.07, 6.45) is 6.17. The Morgan fingerprint density at radius 1 is 1.41 bits per heavy atom. The number of fused-ring (bicyclic) bond motifs is 2. The van der Waals surface area contributed by atoms with Crippen molar-refractivity contribution in [1.29, 1.82) is 0 Å². The zero-order valence-electron chi connectivity index (χ0n) is 11.0. The molecule has 1 heterocycles. The Labute approximate surface area is 103 Å². The Morgan fingerprint density at radius 2 is 2.18 bits per heavy atom. The van der Waals surface area contributed by atoms with Crippen LogP contribution in [0.1, 0.15) is 56.1 Å². The van der Waals surface area contributed by atoms with E-state index < -0.39 is 0 Å². The minimum Gasteiger partial charge on any atom is -0.466 e. The normalized spacial score (nSPS) is 40.8. The zero-order valence-corrected chi connectivity index (χ0v) is 11.0. The quantitative estimate of drug-likeness (QED) is 0.743. The Balaban J connectivity index is 2.08. The van der Waals surface area contributed by atoms with Gasteiger partial charge in [0.1, 0.15) is 11.9 Å². The van der Waals surface area contributed by atoms with Gasteiger partial charge < -0.3 is 9.52 Å². The van der Waals surface area contributed by atoms with Gasteiger partial charge in [-0.3, -0.25) is 0 Å². The molecule has 1 aromatic rings. The van der Waals surface area contributed by atoms with E-state index in [4.69, 9.17) is 4.42 Å². The van der Waals surface area contributed by atoms with Gasteiger partial charge in [0.05, 0.1) is 6.26 Å². The highest BCUT2D eigenvalue weighted by Crippen LogP contribution is 2.56. The van der Waals surface area contributed by atoms with E-state index in [0.717, 1.165) is 18.6 Å². The molecule has 0 unspecified atom stereocenters. The first-order chi connectivity index (χ1) is 8.04. The summed E-state index contributed by atoms with van der Waals surface area (Å²) in [4.78, 5) is 0. The van der Waals surface area contributed by atoms with E-state index in [1.807, 2.05) is 0 Å². The number of hydrogen-bond donors (Lipinski definition) is 1. The summed E-state index contributed by atoms with van der Waals surface area (Å²) >= 11 is 0. The molecule has 0 amide bonds. The van der Waals surface area contributed by atoms with Gasteiger partial charge in [-0.2, -0.15) is 0 Å². The van der Waals surface area contributed by atoms with Crippen LogP contribution in [0.4, 0.5) is 0 Å². The van der Waals surface area contributed by atoms with Crippen LogP contribution in [0, 0.1) is 24.2 Å². The van der Waals surface area contributed by atoms with Crippen LogP contribution >= 0.6 is 0 Å². The molecule has 2 aliphatic carbocycles. The topological polar surface area (TPSA) is 33.4 Å². The molecule has 2 heteroatoms. The summed E-state index contributed by atoms with van der Waals surface area (Å²) < 4.78 is 5.58. The van der Waals surface area contributed by atoms with Crippen molar-refractivity contribution in [3.63, 3.8) is 0 Å². The number of aliphatic hydroxyl groups excluding tert-OH is 1. The molecule has 0 aromatic carbocycles. The Morgan fingerprint density at radius 3 is 2.94 bits per heavy atom. The van der Waals surface area contributed by atoms with Gasteiger partial charge in [-0.05, 0) is 48.1 Å². The Hall–Kier alpha value is -0.760. The molecule has 94 valence electrons. The Bertz CT molecular complexity index is 434. The fourth-order valence-corrected chi connectivity index (χ4v) is 4.02.